The summed E-state index contributed by atoms with van der Waals surface area (Å²) in [4.78, 5) is 0. The van der Waals surface area contributed by atoms with Gasteiger partial charge in [0.25, 0.3) is 0 Å². The van der Waals surface area contributed by atoms with Gasteiger partial charge in [0, 0.05) is 5.92 Å². The van der Waals surface area contributed by atoms with Gasteiger partial charge in [-0.2, -0.15) is 6.07 Å². The third-order valence-corrected chi connectivity index (χ3v) is 5.13. The fourth-order valence-electron chi connectivity index (χ4n) is 4.27. The maximum atomic E-state index is 2.36. The minimum absolute atomic E-state index is 0. The van der Waals surface area contributed by atoms with Crippen molar-refractivity contribution in [2.45, 2.75) is 33.6 Å². The number of rotatable bonds is 3. The van der Waals surface area contributed by atoms with Crippen LogP contribution in [0.25, 0.3) is 10.8 Å². The Kier molecular flexibility index (Phi) is 11.6. The Morgan fingerprint density at radius 2 is 1.03 bits per heavy atom. The molecule has 0 saturated carbocycles. The summed E-state index contributed by atoms with van der Waals surface area (Å²) in [6.07, 6.45) is 0. The summed E-state index contributed by atoms with van der Waals surface area (Å²) in [6, 6.07) is 27.2. The molecule has 0 amide bonds. The van der Waals surface area contributed by atoms with Gasteiger partial charge in [0.15, 0.2) is 0 Å². The molecule has 0 unspecified atom stereocenters. The van der Waals surface area contributed by atoms with Gasteiger partial charge in [0.2, 0.25) is 0 Å². The van der Waals surface area contributed by atoms with Crippen molar-refractivity contribution in [2.75, 3.05) is 0 Å². The summed E-state index contributed by atoms with van der Waals surface area (Å²) in [5.74, 6) is 0.264. The van der Waals surface area contributed by atoms with E-state index in [0.717, 1.165) is 0 Å². The van der Waals surface area contributed by atoms with Crippen LogP contribution < -0.4 is 37.2 Å². The summed E-state index contributed by atoms with van der Waals surface area (Å²) >= 11 is 0. The monoisotopic (exact) mass is 490 g/mol. The number of aryl methyl sites for hydroxylation is 4. The molecule has 0 radical (unpaired) electrons. The van der Waals surface area contributed by atoms with Gasteiger partial charge < -0.3 is 37.2 Å². The van der Waals surface area contributed by atoms with Crippen molar-refractivity contribution in [3.63, 3.8) is 0 Å². The minimum atomic E-state index is 0. The van der Waals surface area contributed by atoms with Gasteiger partial charge in [-0.15, -0.1) is 40.6 Å². The predicted molar refractivity (Wildman–Crippen MR) is 112 cm³/mol. The van der Waals surface area contributed by atoms with E-state index in [2.05, 4.69) is 100 Å². The van der Waals surface area contributed by atoms with Crippen LogP contribution >= 0.6 is 0 Å². The van der Waals surface area contributed by atoms with Crippen LogP contribution in [-0.4, -0.2) is 0 Å². The predicted octanol–water partition coefficient (Wildman–Crippen LogP) is -2.02. The van der Waals surface area contributed by atoms with E-state index >= 15 is 0 Å². The smallest absolute Gasteiger partial charge is 1.00 e. The number of hydrogen-bond acceptors (Lipinski definition) is 0. The van der Waals surface area contributed by atoms with Crippen LogP contribution in [0.4, 0.5) is 0 Å². The molecule has 154 valence electrons. The van der Waals surface area contributed by atoms with Gasteiger partial charge >= 0.3 is 21.7 Å². The number of fused-ring (bicyclic) bond motifs is 1. The molecule has 0 spiro atoms. The van der Waals surface area contributed by atoms with Crippen LogP contribution in [0, 0.1) is 27.7 Å². The average Bonchev–Trinajstić information content (AvgIpc) is 2.96. The molecule has 4 aromatic rings. The van der Waals surface area contributed by atoms with Gasteiger partial charge in [-0.1, -0.05) is 64.7 Å². The van der Waals surface area contributed by atoms with Crippen molar-refractivity contribution in [1.82, 2.24) is 0 Å². The summed E-state index contributed by atoms with van der Waals surface area (Å²) in [7, 11) is 0. The molecule has 4 rings (SSSR count). The van der Waals surface area contributed by atoms with Crippen LogP contribution in [0.3, 0.4) is 0 Å². The van der Waals surface area contributed by atoms with E-state index in [0.29, 0.717) is 0 Å². The molecule has 0 bridgehead atoms. The Morgan fingerprint density at radius 1 is 0.600 bits per heavy atom. The second-order valence-corrected chi connectivity index (χ2v) is 7.69. The average molecular weight is 492 g/mol. The van der Waals surface area contributed by atoms with E-state index < -0.39 is 0 Å². The molecule has 0 aromatic heterocycles. The van der Waals surface area contributed by atoms with Crippen LogP contribution in [-0.2, 0) is 21.7 Å². The molecule has 30 heavy (non-hydrogen) atoms. The summed E-state index contributed by atoms with van der Waals surface area (Å²) in [6.45, 7) is 8.76. The Bertz CT molecular complexity index is 974. The second-order valence-electron chi connectivity index (χ2n) is 7.69. The number of halogens is 3. The maximum absolute atomic E-state index is 2.36. The van der Waals surface area contributed by atoms with Crippen molar-refractivity contribution in [1.29, 1.82) is 0 Å². The van der Waals surface area contributed by atoms with E-state index in [4.69, 9.17) is 0 Å². The fraction of sp³-hybridized carbons (Fsp3) is 0.192. The SMILES string of the molecule is Cc1cc(C)cc(C(c2cc(C)cc(C)c2)c2cc3ccccc3[cH-]2)c1.[Cl-].[Cl-].[Cl-].[Ti+4]. The van der Waals surface area contributed by atoms with Gasteiger partial charge in [-0.05, 0) is 38.8 Å². The second kappa shape index (κ2) is 12.0. The fourth-order valence-corrected chi connectivity index (χ4v) is 4.27. The molecule has 0 aliphatic heterocycles. The van der Waals surface area contributed by atoms with Crippen LogP contribution in [0.1, 0.15) is 44.9 Å². The molecule has 4 heteroatoms. The summed E-state index contributed by atoms with van der Waals surface area (Å²) < 4.78 is 0. The Morgan fingerprint density at radius 3 is 1.47 bits per heavy atom. The van der Waals surface area contributed by atoms with Crippen LogP contribution in [0.5, 0.6) is 0 Å². The number of hydrogen-bond donors (Lipinski definition) is 0. The maximum Gasteiger partial charge on any atom is 4.00 e. The van der Waals surface area contributed by atoms with Crippen molar-refractivity contribution in [3.05, 3.63) is 112 Å². The largest absolute Gasteiger partial charge is 4.00 e. The Hall–Kier alpha value is -1.15. The van der Waals surface area contributed by atoms with Crippen molar-refractivity contribution < 1.29 is 58.9 Å². The van der Waals surface area contributed by atoms with E-state index in [1.807, 2.05) is 0 Å². The van der Waals surface area contributed by atoms with E-state index in [1.165, 1.54) is 49.7 Å². The first-order chi connectivity index (χ1) is 12.5. The molecular formula is C26H25Cl3Ti. The van der Waals surface area contributed by atoms with Crippen molar-refractivity contribution in [2.24, 2.45) is 0 Å². The van der Waals surface area contributed by atoms with Crippen LogP contribution in [0.2, 0.25) is 0 Å². The standard InChI is InChI=1S/C26H25.3ClH.Ti/c1-17-9-18(2)12-23(11-17)26(24-13-19(3)10-20(4)14-24)25-15-21-7-5-6-8-22(21)16-25;;;;/h5-16,26H,1-4H3;3*1H;/q-1;;;;+4/p-3. The topological polar surface area (TPSA) is 0 Å². The quantitative estimate of drug-likeness (QED) is 0.229. The molecule has 0 heterocycles. The molecule has 0 fully saturated rings. The van der Waals surface area contributed by atoms with Gasteiger partial charge in [0.05, 0.1) is 0 Å². The first kappa shape index (κ1) is 28.9. The third kappa shape index (κ3) is 6.19. The van der Waals surface area contributed by atoms with Crippen molar-refractivity contribution in [3.8, 4) is 0 Å². The minimum Gasteiger partial charge on any atom is -1.00 e. The van der Waals surface area contributed by atoms with Gasteiger partial charge in [-0.3, -0.25) is 0 Å². The molecular weight excluding hydrogens is 467 g/mol. The first-order valence-electron chi connectivity index (χ1n) is 9.31. The summed E-state index contributed by atoms with van der Waals surface area (Å²) in [5, 5.41) is 2.64. The Balaban J connectivity index is 0.00000210. The molecule has 0 nitrogen and oxygen atoms in total. The third-order valence-electron chi connectivity index (χ3n) is 5.13. The molecule has 0 aliphatic carbocycles. The zero-order valence-electron chi connectivity index (χ0n) is 17.6. The zero-order valence-corrected chi connectivity index (χ0v) is 21.5. The van der Waals surface area contributed by atoms with Crippen LogP contribution in [0.15, 0.2) is 72.8 Å². The van der Waals surface area contributed by atoms with E-state index in [1.54, 1.807) is 0 Å². The first-order valence-corrected chi connectivity index (χ1v) is 9.31. The van der Waals surface area contributed by atoms with E-state index in [-0.39, 0.29) is 64.9 Å². The molecule has 0 N–H and O–H groups in total. The molecule has 0 atom stereocenters. The van der Waals surface area contributed by atoms with Gasteiger partial charge in [0.1, 0.15) is 0 Å². The molecule has 0 aliphatic rings. The van der Waals surface area contributed by atoms with Gasteiger partial charge in [-0.25, -0.2) is 0 Å². The van der Waals surface area contributed by atoms with E-state index in [9.17, 15) is 0 Å². The molecule has 4 aromatic carbocycles. The zero-order chi connectivity index (χ0) is 18.3. The molecule has 0 saturated heterocycles. The summed E-state index contributed by atoms with van der Waals surface area (Å²) in [5.41, 5.74) is 9.43. The Labute approximate surface area is 214 Å². The normalized spacial score (nSPS) is 9.90. The van der Waals surface area contributed by atoms with Crippen molar-refractivity contribution >= 4 is 10.8 Å². The number of benzene rings is 3.